The van der Waals surface area contributed by atoms with Crippen LogP contribution in [0.3, 0.4) is 0 Å². The molecule has 3 heteroatoms. The normalized spacial score (nSPS) is 16.5. The van der Waals surface area contributed by atoms with Crippen LogP contribution in [0.4, 0.5) is 5.69 Å². The standard InChI is InChI=1S/C15H21NO2/c1-11-6-5-9-13(14(11)16)15(17)18-10-12-7-3-2-4-8-12/h5-6,9,12H,2-4,7-8,10,16H2,1H3. The average Bonchev–Trinajstić information content (AvgIpc) is 2.40. The monoisotopic (exact) mass is 247 g/mol. The molecule has 0 saturated heterocycles. The molecule has 3 nitrogen and oxygen atoms in total. The summed E-state index contributed by atoms with van der Waals surface area (Å²) in [4.78, 5) is 12.0. The van der Waals surface area contributed by atoms with Gasteiger partial charge in [0.05, 0.1) is 12.2 Å². The molecule has 0 aliphatic heterocycles. The van der Waals surface area contributed by atoms with Crippen LogP contribution in [0.15, 0.2) is 18.2 Å². The highest BCUT2D eigenvalue weighted by Gasteiger charge is 2.17. The molecule has 0 bridgehead atoms. The highest BCUT2D eigenvalue weighted by atomic mass is 16.5. The number of ether oxygens (including phenoxy) is 1. The summed E-state index contributed by atoms with van der Waals surface area (Å²) in [5.74, 6) is 0.246. The molecule has 1 fully saturated rings. The van der Waals surface area contributed by atoms with Gasteiger partial charge < -0.3 is 10.5 Å². The lowest BCUT2D eigenvalue weighted by Gasteiger charge is -2.21. The molecule has 0 radical (unpaired) electrons. The van der Waals surface area contributed by atoms with E-state index in [9.17, 15) is 4.79 Å². The van der Waals surface area contributed by atoms with E-state index in [1.54, 1.807) is 6.07 Å². The van der Waals surface area contributed by atoms with Crippen molar-refractivity contribution < 1.29 is 9.53 Å². The van der Waals surface area contributed by atoms with Gasteiger partial charge >= 0.3 is 5.97 Å². The molecule has 1 aromatic rings. The Kier molecular flexibility index (Phi) is 4.24. The van der Waals surface area contributed by atoms with Gasteiger partial charge in [-0.05, 0) is 37.3 Å². The maximum Gasteiger partial charge on any atom is 0.340 e. The Morgan fingerprint density at radius 1 is 1.33 bits per heavy atom. The molecule has 0 amide bonds. The van der Waals surface area contributed by atoms with E-state index in [1.165, 1.54) is 32.1 Å². The second-order valence-electron chi connectivity index (χ2n) is 5.14. The number of esters is 1. The number of hydrogen-bond donors (Lipinski definition) is 1. The Balaban J connectivity index is 1.93. The lowest BCUT2D eigenvalue weighted by Crippen LogP contribution is -2.17. The van der Waals surface area contributed by atoms with Gasteiger partial charge in [-0.2, -0.15) is 0 Å². The van der Waals surface area contributed by atoms with E-state index < -0.39 is 0 Å². The number of rotatable bonds is 3. The first kappa shape index (κ1) is 12.9. The van der Waals surface area contributed by atoms with Gasteiger partial charge in [-0.25, -0.2) is 4.79 Å². The Bertz CT molecular complexity index is 423. The van der Waals surface area contributed by atoms with Crippen molar-refractivity contribution in [3.05, 3.63) is 29.3 Å². The fourth-order valence-electron chi connectivity index (χ4n) is 2.48. The van der Waals surface area contributed by atoms with E-state index in [0.717, 1.165) is 5.56 Å². The van der Waals surface area contributed by atoms with Gasteiger partial charge in [-0.3, -0.25) is 0 Å². The van der Waals surface area contributed by atoms with E-state index in [0.29, 0.717) is 23.8 Å². The lowest BCUT2D eigenvalue weighted by molar-refractivity contribution is 0.0411. The topological polar surface area (TPSA) is 52.3 Å². The fourth-order valence-corrected chi connectivity index (χ4v) is 2.48. The van der Waals surface area contributed by atoms with E-state index in [1.807, 2.05) is 19.1 Å². The number of nitrogens with two attached hydrogens (primary N) is 1. The summed E-state index contributed by atoms with van der Waals surface area (Å²) in [7, 11) is 0. The number of carbonyl (C=O) groups is 1. The van der Waals surface area contributed by atoms with Gasteiger partial charge in [0.25, 0.3) is 0 Å². The van der Waals surface area contributed by atoms with Gasteiger partial charge in [0.1, 0.15) is 0 Å². The summed E-state index contributed by atoms with van der Waals surface area (Å²) in [5, 5.41) is 0. The zero-order valence-electron chi connectivity index (χ0n) is 10.9. The SMILES string of the molecule is Cc1cccc(C(=O)OCC2CCCCC2)c1N. The summed E-state index contributed by atoms with van der Waals surface area (Å²) in [6.07, 6.45) is 6.19. The molecule has 0 atom stereocenters. The second-order valence-corrected chi connectivity index (χ2v) is 5.14. The van der Waals surface area contributed by atoms with Crippen molar-refractivity contribution in [2.75, 3.05) is 12.3 Å². The Labute approximate surface area is 108 Å². The molecular weight excluding hydrogens is 226 g/mol. The molecule has 1 aromatic carbocycles. The molecule has 0 spiro atoms. The van der Waals surface area contributed by atoms with E-state index in [4.69, 9.17) is 10.5 Å². The number of hydrogen-bond acceptors (Lipinski definition) is 3. The molecule has 0 unspecified atom stereocenters. The Morgan fingerprint density at radius 3 is 2.78 bits per heavy atom. The largest absolute Gasteiger partial charge is 0.462 e. The number of carbonyl (C=O) groups excluding carboxylic acids is 1. The van der Waals surface area contributed by atoms with Crippen LogP contribution in [0, 0.1) is 12.8 Å². The lowest BCUT2D eigenvalue weighted by atomic mass is 9.90. The maximum atomic E-state index is 12.0. The summed E-state index contributed by atoms with van der Waals surface area (Å²) < 4.78 is 5.38. The number of nitrogen functional groups attached to an aromatic ring is 1. The summed E-state index contributed by atoms with van der Waals surface area (Å²) in [5.41, 5.74) is 7.83. The first-order valence-corrected chi connectivity index (χ1v) is 6.70. The molecule has 18 heavy (non-hydrogen) atoms. The van der Waals surface area contributed by atoms with Crippen molar-refractivity contribution in [1.29, 1.82) is 0 Å². The summed E-state index contributed by atoms with van der Waals surface area (Å²) in [6.45, 7) is 2.43. The maximum absolute atomic E-state index is 12.0. The van der Waals surface area contributed by atoms with Gasteiger partial charge in [0.2, 0.25) is 0 Å². The zero-order valence-corrected chi connectivity index (χ0v) is 10.9. The predicted octanol–water partition coefficient (Wildman–Crippen LogP) is 3.31. The van der Waals surface area contributed by atoms with Crippen LogP contribution in [0.5, 0.6) is 0 Å². The van der Waals surface area contributed by atoms with Gasteiger partial charge in [0.15, 0.2) is 0 Å². The average molecular weight is 247 g/mol. The van der Waals surface area contributed by atoms with Crippen molar-refractivity contribution in [2.24, 2.45) is 5.92 Å². The van der Waals surface area contributed by atoms with Gasteiger partial charge in [-0.15, -0.1) is 0 Å². The molecule has 0 aromatic heterocycles. The van der Waals surface area contributed by atoms with Crippen molar-refractivity contribution in [3.63, 3.8) is 0 Å². The Hall–Kier alpha value is -1.51. The molecule has 2 N–H and O–H groups in total. The van der Waals surface area contributed by atoms with Crippen molar-refractivity contribution in [3.8, 4) is 0 Å². The first-order valence-electron chi connectivity index (χ1n) is 6.70. The quantitative estimate of drug-likeness (QED) is 0.658. The minimum atomic E-state index is -0.290. The molecule has 1 saturated carbocycles. The van der Waals surface area contributed by atoms with E-state index in [-0.39, 0.29) is 5.97 Å². The number of benzene rings is 1. The number of aryl methyl sites for hydroxylation is 1. The molecule has 98 valence electrons. The van der Waals surface area contributed by atoms with Crippen LogP contribution in [0.1, 0.15) is 48.0 Å². The smallest absolute Gasteiger partial charge is 0.340 e. The van der Waals surface area contributed by atoms with Crippen LogP contribution in [-0.4, -0.2) is 12.6 Å². The van der Waals surface area contributed by atoms with Crippen LogP contribution in [0.25, 0.3) is 0 Å². The van der Waals surface area contributed by atoms with Crippen LogP contribution in [0.2, 0.25) is 0 Å². The molecule has 1 aliphatic rings. The fraction of sp³-hybridized carbons (Fsp3) is 0.533. The number of para-hydroxylation sites is 1. The zero-order chi connectivity index (χ0) is 13.0. The van der Waals surface area contributed by atoms with Crippen molar-refractivity contribution in [2.45, 2.75) is 39.0 Å². The first-order chi connectivity index (χ1) is 8.68. The van der Waals surface area contributed by atoms with Crippen LogP contribution >= 0.6 is 0 Å². The highest BCUT2D eigenvalue weighted by Crippen LogP contribution is 2.24. The minimum Gasteiger partial charge on any atom is -0.462 e. The highest BCUT2D eigenvalue weighted by molar-refractivity contribution is 5.95. The van der Waals surface area contributed by atoms with Crippen LogP contribution in [-0.2, 0) is 4.74 Å². The third-order valence-corrected chi connectivity index (χ3v) is 3.72. The summed E-state index contributed by atoms with van der Waals surface area (Å²) >= 11 is 0. The molecule has 1 aliphatic carbocycles. The predicted molar refractivity (Wildman–Crippen MR) is 72.4 cm³/mol. The molecule has 2 rings (SSSR count). The molecular formula is C15H21NO2. The van der Waals surface area contributed by atoms with E-state index in [2.05, 4.69) is 0 Å². The second kappa shape index (κ2) is 5.89. The van der Waals surface area contributed by atoms with E-state index >= 15 is 0 Å². The third-order valence-electron chi connectivity index (χ3n) is 3.72. The third kappa shape index (κ3) is 3.03. The van der Waals surface area contributed by atoms with Crippen molar-refractivity contribution >= 4 is 11.7 Å². The van der Waals surface area contributed by atoms with Gasteiger partial charge in [-0.1, -0.05) is 31.4 Å². The summed E-state index contributed by atoms with van der Waals surface area (Å²) in [6, 6.07) is 5.46. The number of anilines is 1. The van der Waals surface area contributed by atoms with Crippen LogP contribution < -0.4 is 5.73 Å². The van der Waals surface area contributed by atoms with Gasteiger partial charge in [0, 0.05) is 5.69 Å². The van der Waals surface area contributed by atoms with Crippen molar-refractivity contribution in [1.82, 2.24) is 0 Å². The Morgan fingerprint density at radius 2 is 2.06 bits per heavy atom. The molecule has 0 heterocycles. The minimum absolute atomic E-state index is 0.290.